The second kappa shape index (κ2) is 47.2. The second-order valence-corrected chi connectivity index (χ2v) is 18.5. The zero-order chi connectivity index (χ0) is 47.7. The van der Waals surface area contributed by atoms with E-state index >= 15 is 0 Å². The summed E-state index contributed by atoms with van der Waals surface area (Å²) in [6.45, 7) is 4.80. The van der Waals surface area contributed by atoms with Crippen LogP contribution >= 0.6 is 0 Å². The number of likely N-dealkylation sites (N-methyl/N-ethyl adjacent to an activating group) is 1. The van der Waals surface area contributed by atoms with Crippen LogP contribution in [0.15, 0.2) is 72.9 Å². The number of hydrogen-bond donors (Lipinski definition) is 1. The number of carbonyl (C=O) groups excluding carboxylic acids is 2. The first-order valence-electron chi connectivity index (χ1n) is 26.1. The van der Waals surface area contributed by atoms with E-state index in [4.69, 9.17) is 18.9 Å². The largest absolute Gasteiger partial charge is 0.477 e. The van der Waals surface area contributed by atoms with Crippen molar-refractivity contribution in [2.45, 2.75) is 219 Å². The van der Waals surface area contributed by atoms with Crippen molar-refractivity contribution in [1.82, 2.24) is 0 Å². The Morgan fingerprint density at radius 2 is 0.831 bits per heavy atom. The molecule has 0 saturated heterocycles. The number of ether oxygens (including phenoxy) is 4. The number of nitrogens with zero attached hydrogens (tertiary/aromatic N) is 1. The van der Waals surface area contributed by atoms with E-state index in [1.165, 1.54) is 77.0 Å². The van der Waals surface area contributed by atoms with Crippen LogP contribution in [0.3, 0.4) is 0 Å². The molecule has 0 bridgehead atoms. The van der Waals surface area contributed by atoms with Crippen LogP contribution in [0.2, 0.25) is 0 Å². The van der Waals surface area contributed by atoms with Gasteiger partial charge in [-0.3, -0.25) is 9.59 Å². The van der Waals surface area contributed by atoms with Crippen molar-refractivity contribution in [2.75, 3.05) is 47.5 Å². The lowest BCUT2D eigenvalue weighted by molar-refractivity contribution is -0.870. The Hall–Kier alpha value is -3.27. The summed E-state index contributed by atoms with van der Waals surface area (Å²) in [6, 6.07) is 0. The minimum Gasteiger partial charge on any atom is -0.477 e. The average Bonchev–Trinajstić information content (AvgIpc) is 3.27. The van der Waals surface area contributed by atoms with Crippen molar-refractivity contribution in [1.29, 1.82) is 0 Å². The molecule has 2 unspecified atom stereocenters. The summed E-state index contributed by atoms with van der Waals surface area (Å²) in [7, 11) is 5.95. The number of esters is 2. The van der Waals surface area contributed by atoms with E-state index in [-0.39, 0.29) is 38.6 Å². The van der Waals surface area contributed by atoms with Crippen LogP contribution in [0.5, 0.6) is 0 Å². The van der Waals surface area contributed by atoms with Crippen molar-refractivity contribution in [2.24, 2.45) is 0 Å². The molecule has 0 rings (SSSR count). The van der Waals surface area contributed by atoms with Crippen molar-refractivity contribution in [3.05, 3.63) is 72.9 Å². The zero-order valence-corrected chi connectivity index (χ0v) is 42.4. The number of unbranched alkanes of at least 4 members (excludes halogenated alkanes) is 20. The number of carboxylic acids is 1. The van der Waals surface area contributed by atoms with Crippen molar-refractivity contribution >= 4 is 17.9 Å². The molecule has 0 amide bonds. The smallest absolute Gasteiger partial charge is 0.361 e. The number of carboxylic acid groups (broad SMARTS) is 1. The predicted octanol–water partition coefficient (Wildman–Crippen LogP) is 14.7. The van der Waals surface area contributed by atoms with Gasteiger partial charge in [0.15, 0.2) is 6.10 Å². The van der Waals surface area contributed by atoms with Crippen LogP contribution in [0.25, 0.3) is 0 Å². The molecule has 0 aliphatic carbocycles. The number of carbonyl (C=O) groups is 3. The van der Waals surface area contributed by atoms with Crippen LogP contribution in [-0.2, 0) is 33.3 Å². The number of aliphatic carboxylic acids is 1. The Bertz CT molecular complexity index is 1290. The first kappa shape index (κ1) is 61.7. The Kier molecular flexibility index (Phi) is 44.9. The third-order valence-electron chi connectivity index (χ3n) is 10.9. The van der Waals surface area contributed by atoms with E-state index < -0.39 is 24.3 Å². The zero-order valence-electron chi connectivity index (χ0n) is 42.4. The SMILES string of the molecule is CCCCC/C=C\C/C=C\C/C=C\CCCCCCCCC(=O)OCC(COC(OCC[N+](C)(C)C)C(=O)O)OC(=O)CCCCCCCC/C=C\C/C=C\C/C=C\CCCCCCC. The van der Waals surface area contributed by atoms with Crippen LogP contribution in [0, 0.1) is 0 Å². The van der Waals surface area contributed by atoms with Gasteiger partial charge in [-0.15, -0.1) is 0 Å². The maximum atomic E-state index is 12.8. The van der Waals surface area contributed by atoms with E-state index in [1.54, 1.807) is 0 Å². The van der Waals surface area contributed by atoms with Gasteiger partial charge in [0.25, 0.3) is 6.29 Å². The molecule has 0 radical (unpaired) electrons. The molecular formula is C56H98NO8+. The molecule has 9 nitrogen and oxygen atoms in total. The van der Waals surface area contributed by atoms with Crippen LogP contribution in [-0.4, -0.2) is 87.4 Å². The Balaban J connectivity index is 4.41. The first-order valence-corrected chi connectivity index (χ1v) is 26.1. The van der Waals surface area contributed by atoms with Crippen molar-refractivity contribution < 1.29 is 42.9 Å². The van der Waals surface area contributed by atoms with E-state index in [2.05, 4.69) is 86.8 Å². The normalized spacial score (nSPS) is 13.4. The second-order valence-electron chi connectivity index (χ2n) is 18.5. The Labute approximate surface area is 398 Å². The molecule has 0 saturated carbocycles. The van der Waals surface area contributed by atoms with Gasteiger partial charge in [0.2, 0.25) is 0 Å². The Morgan fingerprint density at radius 3 is 1.26 bits per heavy atom. The Morgan fingerprint density at radius 1 is 0.462 bits per heavy atom. The minimum absolute atomic E-state index is 0.179. The predicted molar refractivity (Wildman–Crippen MR) is 272 cm³/mol. The third-order valence-corrected chi connectivity index (χ3v) is 10.9. The summed E-state index contributed by atoms with van der Waals surface area (Å²) in [5, 5.41) is 9.67. The summed E-state index contributed by atoms with van der Waals surface area (Å²) < 4.78 is 22.8. The minimum atomic E-state index is -1.52. The summed E-state index contributed by atoms with van der Waals surface area (Å²) in [5.74, 6) is -2.05. The molecule has 9 heteroatoms. The van der Waals surface area contributed by atoms with Crippen molar-refractivity contribution in [3.8, 4) is 0 Å². The molecule has 0 spiro atoms. The average molecular weight is 913 g/mol. The van der Waals surface area contributed by atoms with Gasteiger partial charge in [-0.2, -0.15) is 0 Å². The van der Waals surface area contributed by atoms with Gasteiger partial charge in [0, 0.05) is 12.8 Å². The van der Waals surface area contributed by atoms with Crippen LogP contribution in [0.1, 0.15) is 206 Å². The number of hydrogen-bond acceptors (Lipinski definition) is 7. The lowest BCUT2D eigenvalue weighted by Gasteiger charge is -2.25. The highest BCUT2D eigenvalue weighted by molar-refractivity contribution is 5.71. The fourth-order valence-electron chi connectivity index (χ4n) is 6.85. The number of allylic oxidation sites excluding steroid dienone is 12. The molecule has 0 aromatic carbocycles. The maximum Gasteiger partial charge on any atom is 0.361 e. The molecule has 0 heterocycles. The molecule has 0 aromatic heterocycles. The van der Waals surface area contributed by atoms with Gasteiger partial charge in [-0.1, -0.05) is 177 Å². The fourth-order valence-corrected chi connectivity index (χ4v) is 6.85. The molecule has 0 fully saturated rings. The van der Waals surface area contributed by atoms with Crippen LogP contribution < -0.4 is 0 Å². The number of quaternary nitrogens is 1. The molecule has 0 aliphatic rings. The topological polar surface area (TPSA) is 108 Å². The highest BCUT2D eigenvalue weighted by atomic mass is 16.7. The summed E-state index contributed by atoms with van der Waals surface area (Å²) in [4.78, 5) is 37.3. The molecular weight excluding hydrogens is 815 g/mol. The van der Waals surface area contributed by atoms with E-state index in [0.29, 0.717) is 17.4 Å². The molecule has 0 aromatic rings. The van der Waals surface area contributed by atoms with E-state index in [9.17, 15) is 19.5 Å². The highest BCUT2D eigenvalue weighted by Crippen LogP contribution is 2.13. The van der Waals surface area contributed by atoms with Gasteiger partial charge in [0.05, 0.1) is 34.4 Å². The monoisotopic (exact) mass is 913 g/mol. The standard InChI is InChI=1S/C56H97NO8/c1-6-8-10-12-14-16-18-20-22-24-26-27-29-31-33-35-37-39-41-43-45-47-54(59)65-52(51-64-56(55(60)61)62-49-48-57(3,4)5)50-63-53(58)46-44-42-40-38-36-34-32-30-28-25-23-21-19-17-15-13-11-9-7-2/h15,17-18,20-21,23-24,26,28-31,52,56H,6-14,16,19,22,25,27,32-51H2,1-5H3/p+1/b17-15-,20-18-,23-21-,26-24-,30-28-,31-29-. The van der Waals surface area contributed by atoms with Gasteiger partial charge < -0.3 is 28.5 Å². The molecule has 1 N–H and O–H groups in total. The quantitative estimate of drug-likeness (QED) is 0.0211. The van der Waals surface area contributed by atoms with E-state index in [1.807, 2.05) is 21.1 Å². The summed E-state index contributed by atoms with van der Waals surface area (Å²) in [5.41, 5.74) is 0. The van der Waals surface area contributed by atoms with Crippen LogP contribution in [0.4, 0.5) is 0 Å². The van der Waals surface area contributed by atoms with Gasteiger partial charge in [-0.25, -0.2) is 4.79 Å². The molecule has 0 aliphatic heterocycles. The third kappa shape index (κ3) is 48.5. The lowest BCUT2D eigenvalue weighted by Crippen LogP contribution is -2.40. The molecule has 2 atom stereocenters. The van der Waals surface area contributed by atoms with Crippen molar-refractivity contribution in [3.63, 3.8) is 0 Å². The summed E-state index contributed by atoms with van der Waals surface area (Å²) in [6.07, 6.45) is 56.7. The van der Waals surface area contributed by atoms with Gasteiger partial charge >= 0.3 is 17.9 Å². The number of rotatable bonds is 47. The summed E-state index contributed by atoms with van der Waals surface area (Å²) >= 11 is 0. The fraction of sp³-hybridized carbons (Fsp3) is 0.732. The maximum absolute atomic E-state index is 12.8. The first-order chi connectivity index (χ1) is 31.6. The lowest BCUT2D eigenvalue weighted by atomic mass is 10.1. The molecule has 65 heavy (non-hydrogen) atoms. The van der Waals surface area contributed by atoms with Gasteiger partial charge in [-0.05, 0) is 89.9 Å². The highest BCUT2D eigenvalue weighted by Gasteiger charge is 2.25. The van der Waals surface area contributed by atoms with E-state index in [0.717, 1.165) is 96.3 Å². The molecule has 374 valence electrons. The van der Waals surface area contributed by atoms with Gasteiger partial charge in [0.1, 0.15) is 13.2 Å².